The summed E-state index contributed by atoms with van der Waals surface area (Å²) in [5, 5.41) is 3.67. The summed E-state index contributed by atoms with van der Waals surface area (Å²) in [6, 6.07) is 10.1. The van der Waals surface area contributed by atoms with Crippen LogP contribution in [0.25, 0.3) is 0 Å². The maximum absolute atomic E-state index is 13.6. The van der Waals surface area contributed by atoms with Gasteiger partial charge in [-0.05, 0) is 35.9 Å². The van der Waals surface area contributed by atoms with E-state index in [2.05, 4.69) is 21.2 Å². The summed E-state index contributed by atoms with van der Waals surface area (Å²) in [4.78, 5) is 0. The van der Waals surface area contributed by atoms with E-state index in [1.165, 1.54) is 6.07 Å². The van der Waals surface area contributed by atoms with Crippen molar-refractivity contribution in [3.05, 3.63) is 57.3 Å². The number of hydrogen-bond acceptors (Lipinski definition) is 2. The summed E-state index contributed by atoms with van der Waals surface area (Å²) in [6.45, 7) is 0.464. The van der Waals surface area contributed by atoms with E-state index in [-0.39, 0.29) is 5.82 Å². The minimum atomic E-state index is -0.320. The fourth-order valence-corrected chi connectivity index (χ4v) is 2.22. The number of ether oxygens (including phenoxy) is 1. The summed E-state index contributed by atoms with van der Waals surface area (Å²) in [6.07, 6.45) is 0. The molecule has 2 aromatic carbocycles. The van der Waals surface area contributed by atoms with Crippen LogP contribution < -0.4 is 10.1 Å². The number of halogens is 3. The number of methoxy groups -OCH3 is 1. The third-order valence-corrected chi connectivity index (χ3v) is 3.66. The lowest BCUT2D eigenvalue weighted by atomic mass is 10.2. The summed E-state index contributed by atoms with van der Waals surface area (Å²) in [5.74, 6) is 0.285. The lowest BCUT2D eigenvalue weighted by molar-refractivity contribution is 0.414. The first kappa shape index (κ1) is 14.2. The molecule has 2 nitrogen and oxygen atoms in total. The molecular formula is C14H12BrClFNO. The third-order valence-electron chi connectivity index (χ3n) is 2.65. The van der Waals surface area contributed by atoms with Gasteiger partial charge >= 0.3 is 0 Å². The average molecular weight is 345 g/mol. The van der Waals surface area contributed by atoms with Crippen LogP contribution in [0, 0.1) is 5.82 Å². The third kappa shape index (κ3) is 3.61. The summed E-state index contributed by atoms with van der Waals surface area (Å²) >= 11 is 9.37. The SMILES string of the molecule is COc1ccc(F)c(NCc2cc(Cl)ccc2Br)c1. The number of rotatable bonds is 4. The maximum atomic E-state index is 13.6. The number of anilines is 1. The average Bonchev–Trinajstić information content (AvgIpc) is 2.41. The Bertz CT molecular complexity index is 592. The van der Waals surface area contributed by atoms with Gasteiger partial charge in [0, 0.05) is 22.1 Å². The normalized spacial score (nSPS) is 10.3. The van der Waals surface area contributed by atoms with E-state index >= 15 is 0 Å². The van der Waals surface area contributed by atoms with Crippen molar-refractivity contribution in [3.63, 3.8) is 0 Å². The molecule has 0 radical (unpaired) electrons. The maximum Gasteiger partial charge on any atom is 0.146 e. The Morgan fingerprint density at radius 2 is 2.05 bits per heavy atom. The molecule has 0 aliphatic heterocycles. The van der Waals surface area contributed by atoms with Crippen molar-refractivity contribution >= 4 is 33.2 Å². The van der Waals surface area contributed by atoms with Crippen molar-refractivity contribution in [1.29, 1.82) is 0 Å². The van der Waals surface area contributed by atoms with Gasteiger partial charge in [0.05, 0.1) is 12.8 Å². The van der Waals surface area contributed by atoms with E-state index in [1.807, 2.05) is 12.1 Å². The molecule has 0 aliphatic rings. The Hall–Kier alpha value is -1.26. The largest absolute Gasteiger partial charge is 0.497 e. The lowest BCUT2D eigenvalue weighted by Gasteiger charge is -2.11. The molecule has 0 saturated carbocycles. The van der Waals surface area contributed by atoms with E-state index in [9.17, 15) is 4.39 Å². The van der Waals surface area contributed by atoms with Crippen LogP contribution in [0.4, 0.5) is 10.1 Å². The smallest absolute Gasteiger partial charge is 0.146 e. The molecule has 5 heteroatoms. The highest BCUT2D eigenvalue weighted by atomic mass is 79.9. The molecule has 0 fully saturated rings. The Morgan fingerprint density at radius 3 is 2.79 bits per heavy atom. The Kier molecular flexibility index (Phi) is 4.66. The summed E-state index contributed by atoms with van der Waals surface area (Å²) in [7, 11) is 1.55. The van der Waals surface area contributed by atoms with Gasteiger partial charge in [-0.15, -0.1) is 0 Å². The van der Waals surface area contributed by atoms with E-state index < -0.39 is 0 Å². The molecule has 19 heavy (non-hydrogen) atoms. The molecule has 0 atom stereocenters. The second-order valence-electron chi connectivity index (χ2n) is 3.94. The number of hydrogen-bond donors (Lipinski definition) is 1. The first-order chi connectivity index (χ1) is 9.10. The molecule has 0 amide bonds. The van der Waals surface area contributed by atoms with Crippen LogP contribution in [0.3, 0.4) is 0 Å². The fourth-order valence-electron chi connectivity index (χ4n) is 1.64. The zero-order valence-corrected chi connectivity index (χ0v) is 12.6. The van der Waals surface area contributed by atoms with Crippen LogP contribution in [0.5, 0.6) is 5.75 Å². The van der Waals surface area contributed by atoms with Gasteiger partial charge in [0.1, 0.15) is 11.6 Å². The van der Waals surface area contributed by atoms with Gasteiger partial charge in [-0.3, -0.25) is 0 Å². The van der Waals surface area contributed by atoms with E-state index in [0.717, 1.165) is 10.0 Å². The molecule has 0 aromatic heterocycles. The highest BCUT2D eigenvalue weighted by molar-refractivity contribution is 9.10. The fraction of sp³-hybridized carbons (Fsp3) is 0.143. The molecule has 2 rings (SSSR count). The van der Waals surface area contributed by atoms with Crippen LogP contribution >= 0.6 is 27.5 Å². The molecule has 2 aromatic rings. The van der Waals surface area contributed by atoms with Gasteiger partial charge in [-0.2, -0.15) is 0 Å². The molecule has 0 aliphatic carbocycles. The van der Waals surface area contributed by atoms with Crippen molar-refractivity contribution in [1.82, 2.24) is 0 Å². The van der Waals surface area contributed by atoms with Crippen LogP contribution in [-0.4, -0.2) is 7.11 Å². The van der Waals surface area contributed by atoms with E-state index in [4.69, 9.17) is 16.3 Å². The van der Waals surface area contributed by atoms with Gasteiger partial charge in [0.2, 0.25) is 0 Å². The van der Waals surface area contributed by atoms with Crippen molar-refractivity contribution in [3.8, 4) is 5.75 Å². The molecule has 0 bridgehead atoms. The first-order valence-corrected chi connectivity index (χ1v) is 6.78. The second-order valence-corrected chi connectivity index (χ2v) is 5.23. The highest BCUT2D eigenvalue weighted by Crippen LogP contribution is 2.25. The van der Waals surface area contributed by atoms with Gasteiger partial charge in [0.15, 0.2) is 0 Å². The van der Waals surface area contributed by atoms with Crippen molar-refractivity contribution in [2.45, 2.75) is 6.54 Å². The Labute approximate surface area is 124 Å². The van der Waals surface area contributed by atoms with Crippen LogP contribution in [0.1, 0.15) is 5.56 Å². The monoisotopic (exact) mass is 343 g/mol. The zero-order chi connectivity index (χ0) is 13.8. The van der Waals surface area contributed by atoms with Crippen molar-refractivity contribution in [2.75, 3.05) is 12.4 Å². The molecular weight excluding hydrogens is 333 g/mol. The molecule has 0 spiro atoms. The van der Waals surface area contributed by atoms with Crippen molar-refractivity contribution in [2.24, 2.45) is 0 Å². The number of benzene rings is 2. The minimum absolute atomic E-state index is 0.320. The standard InChI is InChI=1S/C14H12BrClFNO/c1-19-11-3-5-13(17)14(7-11)18-8-9-6-10(16)2-4-12(9)15/h2-7,18H,8H2,1H3. The predicted octanol–water partition coefficient (Wildman–Crippen LogP) is 4.86. The van der Waals surface area contributed by atoms with Crippen LogP contribution in [0.15, 0.2) is 40.9 Å². The quantitative estimate of drug-likeness (QED) is 0.855. The highest BCUT2D eigenvalue weighted by Gasteiger charge is 2.06. The van der Waals surface area contributed by atoms with Crippen molar-refractivity contribution < 1.29 is 9.13 Å². The van der Waals surface area contributed by atoms with E-state index in [1.54, 1.807) is 25.3 Å². The Morgan fingerprint density at radius 1 is 1.26 bits per heavy atom. The molecule has 100 valence electrons. The predicted molar refractivity (Wildman–Crippen MR) is 79.4 cm³/mol. The second kappa shape index (κ2) is 6.26. The van der Waals surface area contributed by atoms with Crippen LogP contribution in [0.2, 0.25) is 5.02 Å². The van der Waals surface area contributed by atoms with Gasteiger partial charge < -0.3 is 10.1 Å². The topological polar surface area (TPSA) is 21.3 Å². The molecule has 1 N–H and O–H groups in total. The molecule has 0 heterocycles. The van der Waals surface area contributed by atoms with Gasteiger partial charge in [0.25, 0.3) is 0 Å². The van der Waals surface area contributed by atoms with E-state index in [0.29, 0.717) is 23.0 Å². The molecule has 0 unspecified atom stereocenters. The van der Waals surface area contributed by atoms with Crippen LogP contribution in [-0.2, 0) is 6.54 Å². The lowest BCUT2D eigenvalue weighted by Crippen LogP contribution is -2.02. The summed E-state index contributed by atoms with van der Waals surface area (Å²) < 4.78 is 19.6. The molecule has 0 saturated heterocycles. The summed E-state index contributed by atoms with van der Waals surface area (Å²) in [5.41, 5.74) is 1.35. The van der Waals surface area contributed by atoms with Gasteiger partial charge in [-0.1, -0.05) is 27.5 Å². The number of nitrogens with one attached hydrogen (secondary N) is 1. The van der Waals surface area contributed by atoms with Gasteiger partial charge in [-0.25, -0.2) is 4.39 Å². The minimum Gasteiger partial charge on any atom is -0.497 e. The zero-order valence-electron chi connectivity index (χ0n) is 10.2. The Balaban J connectivity index is 2.16. The first-order valence-electron chi connectivity index (χ1n) is 5.61.